The third-order valence-corrected chi connectivity index (χ3v) is 4.61. The smallest absolute Gasteiger partial charge is 0.303 e. The first-order valence-corrected chi connectivity index (χ1v) is 7.35. The van der Waals surface area contributed by atoms with Gasteiger partial charge in [0.05, 0.1) is 6.42 Å². The fourth-order valence-electron chi connectivity index (χ4n) is 3.38. The molecule has 0 bridgehead atoms. The molecule has 20 heavy (non-hydrogen) atoms. The number of carboxylic acid groups (broad SMARTS) is 1. The molecule has 1 heterocycles. The maximum absolute atomic E-state index is 11.1. The van der Waals surface area contributed by atoms with E-state index in [-0.39, 0.29) is 12.3 Å². The van der Waals surface area contributed by atoms with Crippen molar-refractivity contribution < 1.29 is 15.0 Å². The first-order valence-electron chi connectivity index (χ1n) is 7.35. The van der Waals surface area contributed by atoms with Crippen LogP contribution in [0.3, 0.4) is 0 Å². The summed E-state index contributed by atoms with van der Waals surface area (Å²) in [6, 6.07) is 3.97. The van der Waals surface area contributed by atoms with Crippen LogP contribution >= 0.6 is 0 Å². The van der Waals surface area contributed by atoms with E-state index >= 15 is 0 Å². The largest absolute Gasteiger partial charge is 0.507 e. The molecule has 0 spiro atoms. The number of nitrogens with zero attached hydrogens (tertiary/aromatic N) is 1. The van der Waals surface area contributed by atoms with Crippen LogP contribution in [-0.4, -0.2) is 29.8 Å². The predicted molar refractivity (Wildman–Crippen MR) is 77.4 cm³/mol. The highest BCUT2D eigenvalue weighted by molar-refractivity contribution is 5.70. The quantitative estimate of drug-likeness (QED) is 0.887. The summed E-state index contributed by atoms with van der Waals surface area (Å²) >= 11 is 0. The number of carboxylic acids is 1. The fourth-order valence-corrected chi connectivity index (χ4v) is 3.38. The van der Waals surface area contributed by atoms with Gasteiger partial charge in [0.2, 0.25) is 0 Å². The van der Waals surface area contributed by atoms with Crippen molar-refractivity contribution in [2.24, 2.45) is 5.92 Å². The van der Waals surface area contributed by atoms with Gasteiger partial charge in [-0.3, -0.25) is 4.79 Å². The van der Waals surface area contributed by atoms with Crippen molar-refractivity contribution in [2.75, 3.05) is 18.5 Å². The molecular weight excluding hydrogens is 254 g/mol. The maximum Gasteiger partial charge on any atom is 0.303 e. The Kier molecular flexibility index (Phi) is 3.32. The van der Waals surface area contributed by atoms with E-state index in [4.69, 9.17) is 5.11 Å². The lowest BCUT2D eigenvalue weighted by Crippen LogP contribution is -2.25. The lowest BCUT2D eigenvalue weighted by Gasteiger charge is -2.30. The van der Waals surface area contributed by atoms with Gasteiger partial charge in [0.25, 0.3) is 0 Å². The van der Waals surface area contributed by atoms with Gasteiger partial charge in [-0.15, -0.1) is 0 Å². The molecule has 0 aromatic heterocycles. The molecule has 1 aromatic carbocycles. The summed E-state index contributed by atoms with van der Waals surface area (Å²) in [6.07, 6.45) is 4.19. The Morgan fingerprint density at radius 1 is 1.45 bits per heavy atom. The second-order valence-corrected chi connectivity index (χ2v) is 6.07. The van der Waals surface area contributed by atoms with Gasteiger partial charge in [-0.25, -0.2) is 0 Å². The minimum atomic E-state index is -0.781. The van der Waals surface area contributed by atoms with E-state index in [1.165, 1.54) is 0 Å². The molecule has 2 N–H and O–H groups in total. The van der Waals surface area contributed by atoms with Crippen LogP contribution in [0.4, 0.5) is 5.69 Å². The number of aromatic hydroxyl groups is 1. The Balaban J connectivity index is 1.98. The van der Waals surface area contributed by atoms with Crippen LogP contribution in [0.2, 0.25) is 0 Å². The second-order valence-electron chi connectivity index (χ2n) is 6.07. The molecule has 2 aliphatic rings. The van der Waals surface area contributed by atoms with Crippen LogP contribution in [-0.2, 0) is 11.2 Å². The SMILES string of the molecule is CN1CCCc2c1ccc(C(CC(=O)O)C1CC1)c2O. The third-order valence-electron chi connectivity index (χ3n) is 4.61. The van der Waals surface area contributed by atoms with Crippen LogP contribution in [0.15, 0.2) is 12.1 Å². The van der Waals surface area contributed by atoms with Crippen molar-refractivity contribution >= 4 is 11.7 Å². The number of rotatable bonds is 4. The topological polar surface area (TPSA) is 60.8 Å². The van der Waals surface area contributed by atoms with Gasteiger partial charge in [-0.1, -0.05) is 6.07 Å². The van der Waals surface area contributed by atoms with E-state index in [1.54, 1.807) is 0 Å². The summed E-state index contributed by atoms with van der Waals surface area (Å²) in [7, 11) is 2.03. The van der Waals surface area contributed by atoms with Crippen molar-refractivity contribution in [2.45, 2.75) is 38.0 Å². The van der Waals surface area contributed by atoms with E-state index in [1.807, 2.05) is 19.2 Å². The van der Waals surface area contributed by atoms with Gasteiger partial charge in [-0.2, -0.15) is 0 Å². The summed E-state index contributed by atoms with van der Waals surface area (Å²) in [5, 5.41) is 19.7. The van der Waals surface area contributed by atoms with Gasteiger partial charge in [0, 0.05) is 30.8 Å². The Hall–Kier alpha value is -1.71. The Bertz CT molecular complexity index is 537. The number of benzene rings is 1. The molecule has 1 aliphatic carbocycles. The summed E-state index contributed by atoms with van der Waals surface area (Å²) < 4.78 is 0. The van der Waals surface area contributed by atoms with Crippen molar-refractivity contribution in [3.63, 3.8) is 0 Å². The Morgan fingerprint density at radius 3 is 2.85 bits per heavy atom. The zero-order valence-corrected chi connectivity index (χ0v) is 11.8. The standard InChI is InChI=1S/C16H21NO3/c1-17-8-2-3-12-14(17)7-6-11(16(12)20)13(9-15(18)19)10-4-5-10/h6-7,10,13,20H,2-5,8-9H2,1H3,(H,18,19). The molecule has 0 saturated heterocycles. The van der Waals surface area contributed by atoms with E-state index in [0.29, 0.717) is 11.7 Å². The molecular formula is C16H21NO3. The molecule has 0 radical (unpaired) electrons. The number of carbonyl (C=O) groups is 1. The van der Waals surface area contributed by atoms with Gasteiger partial charge < -0.3 is 15.1 Å². The van der Waals surface area contributed by atoms with Crippen molar-refractivity contribution in [3.05, 3.63) is 23.3 Å². The average molecular weight is 275 g/mol. The molecule has 0 amide bonds. The summed E-state index contributed by atoms with van der Waals surface area (Å²) in [6.45, 7) is 1.01. The monoisotopic (exact) mass is 275 g/mol. The van der Waals surface area contributed by atoms with Gasteiger partial charge in [0.1, 0.15) is 5.75 Å². The molecule has 4 nitrogen and oxygen atoms in total. The highest BCUT2D eigenvalue weighted by atomic mass is 16.4. The van der Waals surface area contributed by atoms with E-state index in [0.717, 1.165) is 49.0 Å². The van der Waals surface area contributed by atoms with Gasteiger partial charge >= 0.3 is 5.97 Å². The lowest BCUT2D eigenvalue weighted by molar-refractivity contribution is -0.137. The van der Waals surface area contributed by atoms with Crippen molar-refractivity contribution in [1.82, 2.24) is 0 Å². The number of hydrogen-bond donors (Lipinski definition) is 2. The minimum Gasteiger partial charge on any atom is -0.507 e. The summed E-state index contributed by atoms with van der Waals surface area (Å²) in [5.74, 6) is -0.0512. The first kappa shape index (κ1) is 13.3. The highest BCUT2D eigenvalue weighted by Gasteiger charge is 2.36. The van der Waals surface area contributed by atoms with Crippen LogP contribution < -0.4 is 4.90 Å². The zero-order chi connectivity index (χ0) is 14.3. The number of phenols is 1. The number of anilines is 1. The molecule has 1 fully saturated rings. The second kappa shape index (κ2) is 5.00. The van der Waals surface area contributed by atoms with Crippen LogP contribution in [0.1, 0.15) is 42.7 Å². The number of fused-ring (bicyclic) bond motifs is 1. The van der Waals surface area contributed by atoms with Gasteiger partial charge in [0.15, 0.2) is 0 Å². The third kappa shape index (κ3) is 2.35. The minimum absolute atomic E-state index is 0.0370. The van der Waals surface area contributed by atoms with Crippen LogP contribution in [0.5, 0.6) is 5.75 Å². The molecule has 3 rings (SSSR count). The van der Waals surface area contributed by atoms with Crippen LogP contribution in [0.25, 0.3) is 0 Å². The van der Waals surface area contributed by atoms with E-state index in [2.05, 4.69) is 4.90 Å². The van der Waals surface area contributed by atoms with Crippen molar-refractivity contribution in [1.29, 1.82) is 0 Å². The highest BCUT2D eigenvalue weighted by Crippen LogP contribution is 2.49. The first-order chi connectivity index (χ1) is 9.58. The van der Waals surface area contributed by atoms with E-state index < -0.39 is 5.97 Å². The zero-order valence-electron chi connectivity index (χ0n) is 11.8. The lowest BCUT2D eigenvalue weighted by atomic mass is 9.87. The molecule has 1 aliphatic heterocycles. The van der Waals surface area contributed by atoms with Crippen LogP contribution in [0, 0.1) is 5.92 Å². The molecule has 1 aromatic rings. The summed E-state index contributed by atoms with van der Waals surface area (Å²) in [5.41, 5.74) is 2.92. The molecule has 1 unspecified atom stereocenters. The molecule has 1 atom stereocenters. The predicted octanol–water partition coefficient (Wildman–Crippen LogP) is 2.74. The normalized spacial score (nSPS) is 19.6. The van der Waals surface area contributed by atoms with E-state index in [9.17, 15) is 9.90 Å². The number of phenolic OH excluding ortho intramolecular Hbond substituents is 1. The van der Waals surface area contributed by atoms with Gasteiger partial charge in [-0.05, 0) is 43.2 Å². The fraction of sp³-hybridized carbons (Fsp3) is 0.562. The molecule has 108 valence electrons. The Morgan fingerprint density at radius 2 is 2.20 bits per heavy atom. The molecule has 1 saturated carbocycles. The summed E-state index contributed by atoms with van der Waals surface area (Å²) in [4.78, 5) is 13.2. The number of aliphatic carboxylic acids is 1. The molecule has 4 heteroatoms. The Labute approximate surface area is 119 Å². The maximum atomic E-state index is 11.1. The number of hydrogen-bond acceptors (Lipinski definition) is 3. The van der Waals surface area contributed by atoms with Crippen molar-refractivity contribution in [3.8, 4) is 5.75 Å². The average Bonchev–Trinajstić information content (AvgIpc) is 3.22.